The number of carbonyl (C=O) groups excluding carboxylic acids is 2. The molecule has 3 aliphatic heterocycles. The summed E-state index contributed by atoms with van der Waals surface area (Å²) >= 11 is 0. The molecule has 3 fully saturated rings. The average molecular weight is 323 g/mol. The first-order chi connectivity index (χ1) is 10.9. The molecule has 2 amide bonds. The van der Waals surface area contributed by atoms with Crippen molar-refractivity contribution in [2.24, 2.45) is 11.3 Å². The molecule has 0 aromatic rings. The van der Waals surface area contributed by atoms with Crippen molar-refractivity contribution in [3.63, 3.8) is 0 Å². The van der Waals surface area contributed by atoms with Gasteiger partial charge < -0.3 is 14.5 Å². The van der Waals surface area contributed by atoms with E-state index in [-0.39, 0.29) is 17.2 Å². The van der Waals surface area contributed by atoms with Gasteiger partial charge in [0, 0.05) is 52.2 Å². The van der Waals surface area contributed by atoms with Crippen LogP contribution in [0.25, 0.3) is 0 Å². The zero-order valence-electron chi connectivity index (χ0n) is 14.6. The van der Waals surface area contributed by atoms with Gasteiger partial charge in [0.15, 0.2) is 0 Å². The predicted molar refractivity (Wildman–Crippen MR) is 86.9 cm³/mol. The Morgan fingerprint density at radius 1 is 1.04 bits per heavy atom. The first-order valence-corrected chi connectivity index (χ1v) is 8.77. The van der Waals surface area contributed by atoms with Crippen molar-refractivity contribution in [1.29, 1.82) is 0 Å². The molecule has 6 nitrogen and oxygen atoms in total. The number of rotatable bonds is 2. The van der Waals surface area contributed by atoms with Crippen LogP contribution in [0.3, 0.4) is 0 Å². The van der Waals surface area contributed by atoms with Crippen LogP contribution in [-0.2, 0) is 14.3 Å². The Morgan fingerprint density at radius 2 is 1.78 bits per heavy atom. The molecular weight excluding hydrogens is 294 g/mol. The summed E-state index contributed by atoms with van der Waals surface area (Å²) in [5.74, 6) is 0.895. The Kier molecular flexibility index (Phi) is 4.65. The Hall–Kier alpha value is -1.14. The molecule has 3 heterocycles. The fourth-order valence-corrected chi connectivity index (χ4v) is 4.09. The standard InChI is InChI=1S/C17H29N3O3/c1-13-9-20(16(22)17(3)11-23-12-17)10-15(13)19-6-4-5-18(7-8-19)14(2)21/h13,15H,4-12H2,1-3H3. The van der Waals surface area contributed by atoms with Crippen LogP contribution in [0.5, 0.6) is 0 Å². The summed E-state index contributed by atoms with van der Waals surface area (Å²) in [6.45, 7) is 12.2. The van der Waals surface area contributed by atoms with E-state index >= 15 is 0 Å². The van der Waals surface area contributed by atoms with Crippen molar-refractivity contribution >= 4 is 11.8 Å². The third-order valence-corrected chi connectivity index (χ3v) is 5.66. The Labute approximate surface area is 138 Å². The lowest BCUT2D eigenvalue weighted by Gasteiger charge is -2.39. The zero-order valence-corrected chi connectivity index (χ0v) is 14.6. The molecule has 0 spiro atoms. The van der Waals surface area contributed by atoms with Gasteiger partial charge in [0.25, 0.3) is 0 Å². The third kappa shape index (κ3) is 3.24. The molecule has 0 bridgehead atoms. The number of nitrogens with zero attached hydrogens (tertiary/aromatic N) is 3. The van der Waals surface area contributed by atoms with Gasteiger partial charge in [0.1, 0.15) is 0 Å². The molecular formula is C17H29N3O3. The maximum absolute atomic E-state index is 12.7. The normalized spacial score (nSPS) is 31.6. The first kappa shape index (κ1) is 16.7. The SMILES string of the molecule is CC(=O)N1CCCN(C2CN(C(=O)C3(C)COC3)CC2C)CC1. The molecule has 130 valence electrons. The predicted octanol–water partition coefficient (Wildman–Crippen LogP) is 0.424. The van der Waals surface area contributed by atoms with E-state index in [1.54, 1.807) is 6.92 Å². The lowest BCUT2D eigenvalue weighted by atomic mass is 9.87. The molecule has 3 rings (SSSR count). The number of carbonyl (C=O) groups is 2. The average Bonchev–Trinajstić information content (AvgIpc) is 2.71. The first-order valence-electron chi connectivity index (χ1n) is 8.77. The second-order valence-electron chi connectivity index (χ2n) is 7.70. The van der Waals surface area contributed by atoms with E-state index in [9.17, 15) is 9.59 Å². The van der Waals surface area contributed by atoms with Gasteiger partial charge in [0.2, 0.25) is 11.8 Å². The lowest BCUT2D eigenvalue weighted by Crippen LogP contribution is -2.53. The van der Waals surface area contributed by atoms with Crippen molar-refractivity contribution in [1.82, 2.24) is 14.7 Å². The summed E-state index contributed by atoms with van der Waals surface area (Å²) in [5.41, 5.74) is -0.307. The van der Waals surface area contributed by atoms with E-state index in [0.29, 0.717) is 25.2 Å². The van der Waals surface area contributed by atoms with Gasteiger partial charge in [0.05, 0.1) is 18.6 Å². The van der Waals surface area contributed by atoms with Gasteiger partial charge >= 0.3 is 0 Å². The topological polar surface area (TPSA) is 53.1 Å². The van der Waals surface area contributed by atoms with E-state index in [1.807, 2.05) is 16.7 Å². The van der Waals surface area contributed by atoms with Crippen molar-refractivity contribution in [2.45, 2.75) is 33.2 Å². The van der Waals surface area contributed by atoms with Crippen molar-refractivity contribution in [3.8, 4) is 0 Å². The van der Waals surface area contributed by atoms with Gasteiger partial charge in [-0.15, -0.1) is 0 Å². The third-order valence-electron chi connectivity index (χ3n) is 5.66. The zero-order chi connectivity index (χ0) is 16.6. The molecule has 0 aromatic carbocycles. The number of hydrogen-bond donors (Lipinski definition) is 0. The summed E-state index contributed by atoms with van der Waals surface area (Å²) in [7, 11) is 0. The molecule has 0 radical (unpaired) electrons. The van der Waals surface area contributed by atoms with E-state index in [4.69, 9.17) is 4.74 Å². The summed E-state index contributed by atoms with van der Waals surface area (Å²) in [4.78, 5) is 30.7. The Morgan fingerprint density at radius 3 is 2.39 bits per heavy atom. The van der Waals surface area contributed by atoms with Crippen LogP contribution in [0.15, 0.2) is 0 Å². The van der Waals surface area contributed by atoms with E-state index < -0.39 is 0 Å². The van der Waals surface area contributed by atoms with Crippen LogP contribution in [0.1, 0.15) is 27.2 Å². The molecule has 0 saturated carbocycles. The van der Waals surface area contributed by atoms with Crippen molar-refractivity contribution < 1.29 is 14.3 Å². The van der Waals surface area contributed by atoms with Crippen LogP contribution < -0.4 is 0 Å². The lowest BCUT2D eigenvalue weighted by molar-refractivity contribution is -0.167. The molecule has 0 aliphatic carbocycles. The summed E-state index contributed by atoms with van der Waals surface area (Å²) < 4.78 is 5.24. The van der Waals surface area contributed by atoms with Gasteiger partial charge in [-0.3, -0.25) is 14.5 Å². The van der Waals surface area contributed by atoms with Crippen LogP contribution in [0, 0.1) is 11.3 Å². The number of amides is 2. The Balaban J connectivity index is 1.60. The second kappa shape index (κ2) is 6.40. The number of ether oxygens (including phenoxy) is 1. The second-order valence-corrected chi connectivity index (χ2v) is 7.70. The minimum atomic E-state index is -0.307. The molecule has 0 N–H and O–H groups in total. The number of likely N-dealkylation sites (tertiary alicyclic amines) is 1. The van der Waals surface area contributed by atoms with Crippen LogP contribution >= 0.6 is 0 Å². The quantitative estimate of drug-likeness (QED) is 0.739. The maximum Gasteiger partial charge on any atom is 0.233 e. The number of hydrogen-bond acceptors (Lipinski definition) is 4. The molecule has 3 saturated heterocycles. The van der Waals surface area contributed by atoms with E-state index in [2.05, 4.69) is 11.8 Å². The fraction of sp³-hybridized carbons (Fsp3) is 0.882. The van der Waals surface area contributed by atoms with Gasteiger partial charge in [-0.05, 0) is 19.3 Å². The Bertz CT molecular complexity index is 478. The summed E-state index contributed by atoms with van der Waals surface area (Å²) in [6, 6.07) is 0.412. The molecule has 23 heavy (non-hydrogen) atoms. The fourth-order valence-electron chi connectivity index (χ4n) is 4.09. The molecule has 6 heteroatoms. The van der Waals surface area contributed by atoms with E-state index in [0.717, 1.165) is 45.7 Å². The van der Waals surface area contributed by atoms with Gasteiger partial charge in [-0.1, -0.05) is 6.92 Å². The molecule has 0 aromatic heterocycles. The van der Waals surface area contributed by atoms with Crippen LogP contribution in [0.4, 0.5) is 0 Å². The molecule has 2 unspecified atom stereocenters. The minimum absolute atomic E-state index is 0.168. The smallest absolute Gasteiger partial charge is 0.233 e. The maximum atomic E-state index is 12.7. The highest BCUT2D eigenvalue weighted by Crippen LogP contribution is 2.32. The van der Waals surface area contributed by atoms with E-state index in [1.165, 1.54) is 0 Å². The van der Waals surface area contributed by atoms with Gasteiger partial charge in [-0.25, -0.2) is 0 Å². The highest BCUT2D eigenvalue weighted by atomic mass is 16.5. The molecule has 3 aliphatic rings. The van der Waals surface area contributed by atoms with Crippen LogP contribution in [0.2, 0.25) is 0 Å². The highest BCUT2D eigenvalue weighted by molar-refractivity contribution is 5.83. The highest BCUT2D eigenvalue weighted by Gasteiger charge is 2.47. The van der Waals surface area contributed by atoms with Crippen molar-refractivity contribution in [2.75, 3.05) is 52.5 Å². The summed E-state index contributed by atoms with van der Waals surface area (Å²) in [6.07, 6.45) is 1.02. The largest absolute Gasteiger partial charge is 0.379 e. The van der Waals surface area contributed by atoms with Crippen molar-refractivity contribution in [3.05, 3.63) is 0 Å². The van der Waals surface area contributed by atoms with Crippen LogP contribution in [-0.4, -0.2) is 85.0 Å². The minimum Gasteiger partial charge on any atom is -0.379 e. The summed E-state index contributed by atoms with van der Waals surface area (Å²) in [5, 5.41) is 0. The monoisotopic (exact) mass is 323 g/mol. The molecule has 2 atom stereocenters. The van der Waals surface area contributed by atoms with Gasteiger partial charge in [-0.2, -0.15) is 0 Å².